The number of esters is 1. The topological polar surface area (TPSA) is 69.4 Å². The molecule has 90 valence electrons. The molecule has 1 aromatic carbocycles. The van der Waals surface area contributed by atoms with Crippen LogP contribution in [0.3, 0.4) is 0 Å². The van der Waals surface area contributed by atoms with E-state index in [1.807, 2.05) is 0 Å². The molecule has 0 unspecified atom stereocenters. The van der Waals surface area contributed by atoms with E-state index >= 15 is 0 Å². The van der Waals surface area contributed by atoms with Gasteiger partial charge in [0.2, 0.25) is 0 Å². The Balaban J connectivity index is 2.91. The Morgan fingerprint density at radius 2 is 2.24 bits per heavy atom. The first kappa shape index (κ1) is 12.9. The third-order valence-electron chi connectivity index (χ3n) is 2.31. The summed E-state index contributed by atoms with van der Waals surface area (Å²) in [4.78, 5) is 21.5. The molecule has 0 aliphatic heterocycles. The van der Waals surface area contributed by atoms with Crippen LogP contribution in [-0.4, -0.2) is 18.0 Å². The van der Waals surface area contributed by atoms with Crippen molar-refractivity contribution >= 4 is 11.7 Å². The average molecular weight is 235 g/mol. The number of non-ortho nitro benzene ring substituents is 1. The zero-order chi connectivity index (χ0) is 12.8. The van der Waals surface area contributed by atoms with E-state index in [4.69, 9.17) is 0 Å². The van der Waals surface area contributed by atoms with E-state index < -0.39 is 10.9 Å². The lowest BCUT2D eigenvalue weighted by Gasteiger charge is -2.04. The third kappa shape index (κ3) is 3.41. The first-order valence-electron chi connectivity index (χ1n) is 5.05. The minimum Gasteiger partial charge on any atom is -0.466 e. The van der Waals surface area contributed by atoms with E-state index in [1.165, 1.54) is 19.2 Å². The number of carbonyl (C=O) groups excluding carboxylic acids is 1. The normalized spacial score (nSPS) is 11.1. The minimum atomic E-state index is -0.461. The molecular formula is C12H13NO4. The van der Waals surface area contributed by atoms with Crippen LogP contribution in [0.2, 0.25) is 0 Å². The molecule has 0 saturated heterocycles. The van der Waals surface area contributed by atoms with Gasteiger partial charge in [0, 0.05) is 24.1 Å². The molecule has 0 aliphatic rings. The molecule has 1 aromatic rings. The number of hydrogen-bond acceptors (Lipinski definition) is 4. The van der Waals surface area contributed by atoms with Gasteiger partial charge in [0.05, 0.1) is 12.0 Å². The quantitative estimate of drug-likeness (QED) is 0.347. The molecule has 0 heterocycles. The Morgan fingerprint density at radius 3 is 2.76 bits per heavy atom. The summed E-state index contributed by atoms with van der Waals surface area (Å²) in [5.74, 6) is -0.418. The lowest BCUT2D eigenvalue weighted by molar-refractivity contribution is -0.384. The summed E-state index contributed by atoms with van der Waals surface area (Å²) in [7, 11) is 1.30. The Kier molecular flexibility index (Phi) is 4.39. The second kappa shape index (κ2) is 5.79. The largest absolute Gasteiger partial charge is 0.466 e. The van der Waals surface area contributed by atoms with Crippen LogP contribution in [0.5, 0.6) is 0 Å². The lowest BCUT2D eigenvalue weighted by atomic mass is 10.0. The molecule has 0 spiro atoms. The second-order valence-electron chi connectivity index (χ2n) is 3.41. The lowest BCUT2D eigenvalue weighted by Crippen LogP contribution is -2.07. The highest BCUT2D eigenvalue weighted by molar-refractivity contribution is 5.88. The maximum absolute atomic E-state index is 11.3. The van der Waals surface area contributed by atoms with Crippen molar-refractivity contribution in [1.29, 1.82) is 0 Å². The summed E-state index contributed by atoms with van der Waals surface area (Å²) in [5.41, 5.74) is 1.20. The Bertz CT molecular complexity index is 465. The van der Waals surface area contributed by atoms with Gasteiger partial charge in [-0.05, 0) is 12.5 Å². The fourth-order valence-corrected chi connectivity index (χ4v) is 1.42. The van der Waals surface area contributed by atoms with Crippen molar-refractivity contribution in [3.63, 3.8) is 0 Å². The predicted octanol–water partition coefficient (Wildman–Crippen LogP) is 2.26. The van der Waals surface area contributed by atoms with Gasteiger partial charge >= 0.3 is 5.97 Å². The molecule has 1 rings (SSSR count). The van der Waals surface area contributed by atoms with Gasteiger partial charge in [0.15, 0.2) is 0 Å². The van der Waals surface area contributed by atoms with Crippen molar-refractivity contribution in [2.75, 3.05) is 7.11 Å². The predicted molar refractivity (Wildman–Crippen MR) is 62.6 cm³/mol. The summed E-state index contributed by atoms with van der Waals surface area (Å²) < 4.78 is 4.61. The van der Waals surface area contributed by atoms with E-state index in [-0.39, 0.29) is 5.69 Å². The summed E-state index contributed by atoms with van der Waals surface area (Å²) in [6, 6.07) is 6.20. The monoisotopic (exact) mass is 235 g/mol. The van der Waals surface area contributed by atoms with Crippen LogP contribution < -0.4 is 0 Å². The van der Waals surface area contributed by atoms with Crippen molar-refractivity contribution in [2.24, 2.45) is 0 Å². The number of nitro groups is 1. The zero-order valence-corrected chi connectivity index (χ0v) is 9.67. The molecule has 0 aromatic heterocycles. The van der Waals surface area contributed by atoms with Crippen molar-refractivity contribution in [1.82, 2.24) is 0 Å². The van der Waals surface area contributed by atoms with Crippen molar-refractivity contribution in [3.05, 3.63) is 51.6 Å². The number of hydrogen-bond donors (Lipinski definition) is 0. The highest BCUT2D eigenvalue weighted by atomic mass is 16.6. The van der Waals surface area contributed by atoms with Crippen LogP contribution in [0, 0.1) is 10.1 Å². The summed E-state index contributed by atoms with van der Waals surface area (Å²) in [6.07, 6.45) is 1.97. The van der Waals surface area contributed by atoms with Crippen molar-refractivity contribution in [3.8, 4) is 0 Å². The van der Waals surface area contributed by atoms with Gasteiger partial charge in [0.1, 0.15) is 0 Å². The molecule has 0 amide bonds. The van der Waals surface area contributed by atoms with E-state index in [1.54, 1.807) is 25.1 Å². The summed E-state index contributed by atoms with van der Waals surface area (Å²) >= 11 is 0. The SMILES string of the molecule is CC=C(Cc1cccc([N+](=O)[O-])c1)C(=O)OC. The van der Waals surface area contributed by atoms with Gasteiger partial charge < -0.3 is 4.74 Å². The number of ether oxygens (including phenoxy) is 1. The molecule has 0 bridgehead atoms. The highest BCUT2D eigenvalue weighted by Crippen LogP contribution is 2.16. The fourth-order valence-electron chi connectivity index (χ4n) is 1.42. The molecule has 17 heavy (non-hydrogen) atoms. The number of nitrogens with zero attached hydrogens (tertiary/aromatic N) is 1. The number of methoxy groups -OCH3 is 1. The van der Waals surface area contributed by atoms with E-state index in [0.717, 1.165) is 0 Å². The minimum absolute atomic E-state index is 0.0165. The number of nitro benzene ring substituents is 1. The van der Waals surface area contributed by atoms with Crippen molar-refractivity contribution < 1.29 is 14.5 Å². The van der Waals surface area contributed by atoms with Crippen LogP contribution in [-0.2, 0) is 16.0 Å². The Morgan fingerprint density at radius 1 is 1.53 bits per heavy atom. The Hall–Kier alpha value is -2.17. The molecule has 0 N–H and O–H groups in total. The number of allylic oxidation sites excluding steroid dienone is 1. The Labute approximate surface area is 98.9 Å². The highest BCUT2D eigenvalue weighted by Gasteiger charge is 2.11. The van der Waals surface area contributed by atoms with Gasteiger partial charge in [-0.1, -0.05) is 18.2 Å². The third-order valence-corrected chi connectivity index (χ3v) is 2.31. The van der Waals surface area contributed by atoms with E-state index in [9.17, 15) is 14.9 Å². The van der Waals surface area contributed by atoms with E-state index in [0.29, 0.717) is 17.6 Å². The van der Waals surface area contributed by atoms with Gasteiger partial charge in [-0.15, -0.1) is 0 Å². The van der Waals surface area contributed by atoms with Gasteiger partial charge in [-0.25, -0.2) is 4.79 Å². The maximum atomic E-state index is 11.3. The van der Waals surface area contributed by atoms with Crippen molar-refractivity contribution in [2.45, 2.75) is 13.3 Å². The maximum Gasteiger partial charge on any atom is 0.333 e. The van der Waals surface area contributed by atoms with Gasteiger partial charge in [-0.2, -0.15) is 0 Å². The first-order valence-corrected chi connectivity index (χ1v) is 5.05. The fraction of sp³-hybridized carbons (Fsp3) is 0.250. The second-order valence-corrected chi connectivity index (χ2v) is 3.41. The molecule has 0 aliphatic carbocycles. The number of rotatable bonds is 4. The van der Waals surface area contributed by atoms with Crippen LogP contribution in [0.15, 0.2) is 35.9 Å². The molecule has 0 fully saturated rings. The van der Waals surface area contributed by atoms with Gasteiger partial charge in [0.25, 0.3) is 5.69 Å². The molecule has 5 nitrogen and oxygen atoms in total. The molecule has 0 atom stereocenters. The molecule has 0 saturated carbocycles. The molecular weight excluding hydrogens is 222 g/mol. The average Bonchev–Trinajstić information content (AvgIpc) is 2.35. The zero-order valence-electron chi connectivity index (χ0n) is 9.67. The number of carbonyl (C=O) groups is 1. The standard InChI is InChI=1S/C12H13NO4/c1-3-10(12(14)17-2)7-9-5-4-6-11(8-9)13(15)16/h3-6,8H,7H2,1-2H3. The van der Waals surface area contributed by atoms with E-state index in [2.05, 4.69) is 4.74 Å². The number of benzene rings is 1. The van der Waals surface area contributed by atoms with Crippen LogP contribution in [0.4, 0.5) is 5.69 Å². The van der Waals surface area contributed by atoms with Crippen LogP contribution >= 0.6 is 0 Å². The molecule has 5 heteroatoms. The summed E-state index contributed by atoms with van der Waals surface area (Å²) in [6.45, 7) is 1.73. The smallest absolute Gasteiger partial charge is 0.333 e. The van der Waals surface area contributed by atoms with Crippen LogP contribution in [0.1, 0.15) is 12.5 Å². The van der Waals surface area contributed by atoms with Gasteiger partial charge in [-0.3, -0.25) is 10.1 Å². The molecule has 0 radical (unpaired) electrons. The summed E-state index contributed by atoms with van der Waals surface area (Å²) in [5, 5.41) is 10.6. The van der Waals surface area contributed by atoms with Crippen LogP contribution in [0.25, 0.3) is 0 Å². The first-order chi connectivity index (χ1) is 8.08.